The fourth-order valence-corrected chi connectivity index (χ4v) is 1.69. The molecule has 80 valence electrons. The first-order valence-electron chi connectivity index (χ1n) is 5.52. The van der Waals surface area contributed by atoms with E-state index < -0.39 is 0 Å². The first-order chi connectivity index (χ1) is 6.11. The summed E-state index contributed by atoms with van der Waals surface area (Å²) in [6, 6.07) is 0.713. The quantitative estimate of drug-likeness (QED) is 0.659. The zero-order valence-corrected chi connectivity index (χ0v) is 9.71. The van der Waals surface area contributed by atoms with Gasteiger partial charge in [0, 0.05) is 12.6 Å². The lowest BCUT2D eigenvalue weighted by Gasteiger charge is -2.27. The topological polar surface area (TPSA) is 29.3 Å². The van der Waals surface area contributed by atoms with Crippen molar-refractivity contribution in [2.24, 2.45) is 11.7 Å². The standard InChI is InChI=1S/C11H26N2/c1-5-6-11(3)13(4)9-10(2)7-8-12/h10-11H,5-9,12H2,1-4H3. The molecule has 0 amide bonds. The van der Waals surface area contributed by atoms with Gasteiger partial charge in [0.25, 0.3) is 0 Å². The lowest BCUT2D eigenvalue weighted by Crippen LogP contribution is -2.33. The van der Waals surface area contributed by atoms with E-state index in [0.717, 1.165) is 18.9 Å². The molecule has 2 unspecified atom stereocenters. The molecular formula is C11H26N2. The third-order valence-electron chi connectivity index (χ3n) is 2.72. The fraction of sp³-hybridized carbons (Fsp3) is 1.00. The lowest BCUT2D eigenvalue weighted by atomic mass is 10.1. The second-order valence-electron chi connectivity index (χ2n) is 4.26. The van der Waals surface area contributed by atoms with Crippen molar-refractivity contribution in [1.82, 2.24) is 4.90 Å². The molecule has 0 aromatic heterocycles. The van der Waals surface area contributed by atoms with Crippen LogP contribution in [0.3, 0.4) is 0 Å². The van der Waals surface area contributed by atoms with Crippen molar-refractivity contribution in [2.75, 3.05) is 20.1 Å². The van der Waals surface area contributed by atoms with Gasteiger partial charge in [0.05, 0.1) is 0 Å². The second-order valence-corrected chi connectivity index (χ2v) is 4.26. The monoisotopic (exact) mass is 186 g/mol. The summed E-state index contributed by atoms with van der Waals surface area (Å²) in [7, 11) is 2.22. The minimum atomic E-state index is 0.713. The van der Waals surface area contributed by atoms with Crippen LogP contribution < -0.4 is 5.73 Å². The number of hydrogen-bond donors (Lipinski definition) is 1. The van der Waals surface area contributed by atoms with E-state index in [4.69, 9.17) is 5.73 Å². The van der Waals surface area contributed by atoms with Crippen LogP contribution in [0.4, 0.5) is 0 Å². The van der Waals surface area contributed by atoms with Gasteiger partial charge in [0.15, 0.2) is 0 Å². The summed E-state index contributed by atoms with van der Waals surface area (Å²) in [4.78, 5) is 2.45. The number of nitrogens with two attached hydrogens (primary N) is 1. The molecule has 0 radical (unpaired) electrons. The molecule has 0 saturated heterocycles. The van der Waals surface area contributed by atoms with Crippen molar-refractivity contribution in [1.29, 1.82) is 0 Å². The lowest BCUT2D eigenvalue weighted by molar-refractivity contribution is 0.210. The molecule has 0 aromatic carbocycles. The molecule has 0 aliphatic rings. The average Bonchev–Trinajstić information content (AvgIpc) is 2.05. The van der Waals surface area contributed by atoms with E-state index in [1.807, 2.05) is 0 Å². The molecule has 2 atom stereocenters. The molecule has 13 heavy (non-hydrogen) atoms. The SMILES string of the molecule is CCCC(C)N(C)CC(C)CCN. The molecule has 2 nitrogen and oxygen atoms in total. The molecule has 0 heterocycles. The van der Waals surface area contributed by atoms with Crippen LogP contribution in [-0.2, 0) is 0 Å². The van der Waals surface area contributed by atoms with E-state index in [1.54, 1.807) is 0 Å². The highest BCUT2D eigenvalue weighted by molar-refractivity contribution is 4.66. The van der Waals surface area contributed by atoms with Crippen molar-refractivity contribution in [2.45, 2.75) is 46.1 Å². The van der Waals surface area contributed by atoms with Gasteiger partial charge in [-0.1, -0.05) is 20.3 Å². The summed E-state index contributed by atoms with van der Waals surface area (Å²) in [5.41, 5.74) is 5.52. The predicted octanol–water partition coefficient (Wildman–Crippen LogP) is 2.09. The van der Waals surface area contributed by atoms with E-state index >= 15 is 0 Å². The van der Waals surface area contributed by atoms with E-state index in [0.29, 0.717) is 6.04 Å². The Kier molecular flexibility index (Phi) is 7.29. The maximum Gasteiger partial charge on any atom is 0.00638 e. The van der Waals surface area contributed by atoms with Crippen LogP contribution in [0.15, 0.2) is 0 Å². The average molecular weight is 186 g/mol. The first-order valence-corrected chi connectivity index (χ1v) is 5.52. The zero-order valence-electron chi connectivity index (χ0n) is 9.71. The van der Waals surface area contributed by atoms with Gasteiger partial charge in [-0.05, 0) is 39.3 Å². The molecule has 0 spiro atoms. The van der Waals surface area contributed by atoms with Gasteiger partial charge >= 0.3 is 0 Å². The fourth-order valence-electron chi connectivity index (χ4n) is 1.69. The van der Waals surface area contributed by atoms with Gasteiger partial charge in [0.2, 0.25) is 0 Å². The Balaban J connectivity index is 3.64. The van der Waals surface area contributed by atoms with Crippen LogP contribution in [0, 0.1) is 5.92 Å². The molecule has 0 saturated carbocycles. The number of hydrogen-bond acceptors (Lipinski definition) is 2. The highest BCUT2D eigenvalue weighted by atomic mass is 15.1. The van der Waals surface area contributed by atoms with Crippen molar-refractivity contribution in [3.05, 3.63) is 0 Å². The molecule has 0 rings (SSSR count). The highest BCUT2D eigenvalue weighted by Gasteiger charge is 2.10. The summed E-state index contributed by atoms with van der Waals surface area (Å²) < 4.78 is 0. The Morgan fingerprint density at radius 1 is 1.23 bits per heavy atom. The van der Waals surface area contributed by atoms with Gasteiger partial charge < -0.3 is 10.6 Å². The molecule has 0 aliphatic heterocycles. The van der Waals surface area contributed by atoms with Crippen molar-refractivity contribution in [3.8, 4) is 0 Å². The normalized spacial score (nSPS) is 16.2. The van der Waals surface area contributed by atoms with Crippen LogP contribution in [-0.4, -0.2) is 31.1 Å². The minimum Gasteiger partial charge on any atom is -0.330 e. The largest absolute Gasteiger partial charge is 0.330 e. The summed E-state index contributed by atoms with van der Waals surface area (Å²) in [5.74, 6) is 0.731. The minimum absolute atomic E-state index is 0.713. The molecule has 0 aliphatic carbocycles. The molecule has 2 heteroatoms. The summed E-state index contributed by atoms with van der Waals surface area (Å²) >= 11 is 0. The van der Waals surface area contributed by atoms with Gasteiger partial charge in [-0.25, -0.2) is 0 Å². The van der Waals surface area contributed by atoms with Gasteiger partial charge in [-0.2, -0.15) is 0 Å². The Hall–Kier alpha value is -0.0800. The molecule has 0 aromatic rings. The van der Waals surface area contributed by atoms with Gasteiger partial charge in [0.1, 0.15) is 0 Å². The van der Waals surface area contributed by atoms with Crippen LogP contribution in [0.25, 0.3) is 0 Å². The van der Waals surface area contributed by atoms with E-state index in [1.165, 1.54) is 19.4 Å². The van der Waals surface area contributed by atoms with E-state index in [2.05, 4.69) is 32.7 Å². The smallest absolute Gasteiger partial charge is 0.00638 e. The third kappa shape index (κ3) is 6.05. The van der Waals surface area contributed by atoms with Crippen LogP contribution >= 0.6 is 0 Å². The first kappa shape index (κ1) is 12.9. The van der Waals surface area contributed by atoms with E-state index in [-0.39, 0.29) is 0 Å². The maximum absolute atomic E-state index is 5.52. The predicted molar refractivity (Wildman–Crippen MR) is 59.8 cm³/mol. The van der Waals surface area contributed by atoms with Gasteiger partial charge in [-0.15, -0.1) is 0 Å². The Morgan fingerprint density at radius 3 is 2.31 bits per heavy atom. The summed E-state index contributed by atoms with van der Waals surface area (Å²) in [6.45, 7) is 8.82. The molecule has 2 N–H and O–H groups in total. The highest BCUT2D eigenvalue weighted by Crippen LogP contribution is 2.08. The van der Waals surface area contributed by atoms with Crippen LogP contribution in [0.5, 0.6) is 0 Å². The van der Waals surface area contributed by atoms with Crippen molar-refractivity contribution in [3.63, 3.8) is 0 Å². The molecular weight excluding hydrogens is 160 g/mol. The summed E-state index contributed by atoms with van der Waals surface area (Å²) in [5, 5.41) is 0. The Morgan fingerprint density at radius 2 is 1.85 bits per heavy atom. The van der Waals surface area contributed by atoms with Gasteiger partial charge in [-0.3, -0.25) is 0 Å². The number of rotatable bonds is 7. The second kappa shape index (κ2) is 7.34. The maximum atomic E-state index is 5.52. The van der Waals surface area contributed by atoms with E-state index in [9.17, 15) is 0 Å². The Labute approximate surface area is 83.5 Å². The molecule has 0 fully saturated rings. The van der Waals surface area contributed by atoms with Crippen LogP contribution in [0.2, 0.25) is 0 Å². The number of nitrogens with zero attached hydrogens (tertiary/aromatic N) is 1. The zero-order chi connectivity index (χ0) is 10.3. The Bertz CT molecular complexity index is 115. The van der Waals surface area contributed by atoms with Crippen molar-refractivity contribution < 1.29 is 0 Å². The summed E-state index contributed by atoms with van der Waals surface area (Å²) in [6.07, 6.45) is 3.71. The van der Waals surface area contributed by atoms with Crippen molar-refractivity contribution >= 4 is 0 Å². The van der Waals surface area contributed by atoms with Crippen LogP contribution in [0.1, 0.15) is 40.0 Å². The molecule has 0 bridgehead atoms. The third-order valence-corrected chi connectivity index (χ3v) is 2.72.